The summed E-state index contributed by atoms with van der Waals surface area (Å²) >= 11 is 1.34. The summed E-state index contributed by atoms with van der Waals surface area (Å²) in [5.41, 5.74) is 3.61. The molecule has 190 valence electrons. The number of benzene rings is 3. The van der Waals surface area contributed by atoms with Crippen molar-refractivity contribution in [1.29, 1.82) is 0 Å². The lowest BCUT2D eigenvalue weighted by atomic mass is 10.1. The van der Waals surface area contributed by atoms with Gasteiger partial charge in [0.25, 0.3) is 11.6 Å². The van der Waals surface area contributed by atoms with E-state index in [2.05, 4.69) is 6.92 Å². The first kappa shape index (κ1) is 26.0. The van der Waals surface area contributed by atoms with Crippen LogP contribution in [0.5, 0.6) is 11.5 Å². The van der Waals surface area contributed by atoms with Crippen LogP contribution in [-0.4, -0.2) is 34.6 Å². The predicted molar refractivity (Wildman–Crippen MR) is 146 cm³/mol. The summed E-state index contributed by atoms with van der Waals surface area (Å²) in [4.78, 5) is 30.2. The normalized spacial score (nSPS) is 15.4. The Morgan fingerprint density at radius 1 is 1.03 bits per heavy atom. The number of carbonyl (C=O) groups excluding carboxylic acids is 1. The second-order valence-electron chi connectivity index (χ2n) is 8.20. The molecule has 3 aromatic carbocycles. The van der Waals surface area contributed by atoms with Gasteiger partial charge in [-0.05, 0) is 78.2 Å². The number of rotatable bonds is 9. The monoisotopic (exact) mass is 517 g/mol. The van der Waals surface area contributed by atoms with E-state index in [1.807, 2.05) is 49.4 Å². The van der Waals surface area contributed by atoms with Crippen LogP contribution < -0.4 is 9.47 Å². The van der Waals surface area contributed by atoms with Crippen LogP contribution in [0.15, 0.2) is 76.6 Å². The first-order chi connectivity index (χ1) is 17.9. The fourth-order valence-electron chi connectivity index (χ4n) is 3.70. The Labute approximate surface area is 219 Å². The Hall–Kier alpha value is -4.11. The lowest BCUT2D eigenvalue weighted by molar-refractivity contribution is -0.384. The highest BCUT2D eigenvalue weighted by molar-refractivity contribution is 8.18. The van der Waals surface area contributed by atoms with Crippen LogP contribution in [0.2, 0.25) is 0 Å². The summed E-state index contributed by atoms with van der Waals surface area (Å²) in [6, 6.07) is 19.6. The van der Waals surface area contributed by atoms with Crippen molar-refractivity contribution in [1.82, 2.24) is 4.90 Å². The van der Waals surface area contributed by atoms with Gasteiger partial charge < -0.3 is 9.47 Å². The van der Waals surface area contributed by atoms with E-state index in [4.69, 9.17) is 14.5 Å². The van der Waals surface area contributed by atoms with Crippen LogP contribution >= 0.6 is 11.8 Å². The molecule has 9 heteroatoms. The van der Waals surface area contributed by atoms with E-state index in [1.165, 1.54) is 23.9 Å². The van der Waals surface area contributed by atoms with E-state index in [-0.39, 0.29) is 18.2 Å². The molecule has 0 bridgehead atoms. The molecule has 8 nitrogen and oxygen atoms in total. The molecule has 0 aromatic heterocycles. The maximum absolute atomic E-state index is 12.9. The van der Waals surface area contributed by atoms with E-state index in [1.54, 1.807) is 30.1 Å². The largest absolute Gasteiger partial charge is 0.490 e. The maximum atomic E-state index is 12.9. The smallest absolute Gasteiger partial charge is 0.269 e. The number of likely N-dealkylation sites (N-methyl/N-ethyl adjacent to an activating group) is 1. The zero-order chi connectivity index (χ0) is 26.4. The lowest BCUT2D eigenvalue weighted by Crippen LogP contribution is -2.23. The third-order valence-electron chi connectivity index (χ3n) is 5.70. The molecular weight excluding hydrogens is 490 g/mol. The van der Waals surface area contributed by atoms with Crippen LogP contribution in [-0.2, 0) is 17.8 Å². The van der Waals surface area contributed by atoms with Gasteiger partial charge in [0.15, 0.2) is 16.7 Å². The number of hydrogen-bond acceptors (Lipinski definition) is 7. The van der Waals surface area contributed by atoms with Gasteiger partial charge in [-0.15, -0.1) is 0 Å². The quantitative estimate of drug-likeness (QED) is 0.186. The molecular formula is C28H27N3O5S. The highest BCUT2D eigenvalue weighted by Gasteiger charge is 2.30. The summed E-state index contributed by atoms with van der Waals surface area (Å²) in [6.45, 7) is 4.64. The molecule has 1 amide bonds. The minimum absolute atomic E-state index is 0.0314. The zero-order valence-electron chi connectivity index (χ0n) is 20.8. The standard InChI is InChI=1S/C28H27N3O5S/c1-4-21-8-6-7-9-23(21)29-28-30(3)27(32)26(37-28)17-20-12-15-24(25(16-20)35-5-2)36-18-19-10-13-22(14-11-19)31(33)34/h6-17H,4-5,18H2,1-3H3/b26-17+,29-28?. The summed E-state index contributed by atoms with van der Waals surface area (Å²) in [6.07, 6.45) is 2.68. The van der Waals surface area contributed by atoms with Crippen molar-refractivity contribution in [3.8, 4) is 11.5 Å². The van der Waals surface area contributed by atoms with Crippen molar-refractivity contribution < 1.29 is 19.2 Å². The Balaban J connectivity index is 1.53. The van der Waals surface area contributed by atoms with Gasteiger partial charge in [0, 0.05) is 19.2 Å². The van der Waals surface area contributed by atoms with Gasteiger partial charge in [-0.1, -0.05) is 31.2 Å². The summed E-state index contributed by atoms with van der Waals surface area (Å²) in [5.74, 6) is 0.978. The highest BCUT2D eigenvalue weighted by atomic mass is 32.2. The predicted octanol–water partition coefficient (Wildman–Crippen LogP) is 6.37. The molecule has 1 aliphatic rings. The molecule has 0 unspecified atom stereocenters. The van der Waals surface area contributed by atoms with Gasteiger partial charge in [-0.25, -0.2) is 4.99 Å². The molecule has 3 aromatic rings. The van der Waals surface area contributed by atoms with Crippen LogP contribution in [0.4, 0.5) is 11.4 Å². The third-order valence-corrected chi connectivity index (χ3v) is 6.76. The molecule has 1 heterocycles. The fourth-order valence-corrected chi connectivity index (χ4v) is 4.68. The van der Waals surface area contributed by atoms with Crippen LogP contribution in [0, 0.1) is 10.1 Å². The zero-order valence-corrected chi connectivity index (χ0v) is 21.7. The lowest BCUT2D eigenvalue weighted by Gasteiger charge is -2.13. The van der Waals surface area contributed by atoms with Gasteiger partial charge in [0.2, 0.25) is 0 Å². The van der Waals surface area contributed by atoms with Crippen molar-refractivity contribution in [2.24, 2.45) is 4.99 Å². The van der Waals surface area contributed by atoms with E-state index in [9.17, 15) is 14.9 Å². The molecule has 0 saturated carbocycles. The van der Waals surface area contributed by atoms with E-state index in [0.29, 0.717) is 28.2 Å². The summed E-state index contributed by atoms with van der Waals surface area (Å²) < 4.78 is 11.7. The van der Waals surface area contributed by atoms with Gasteiger partial charge in [-0.2, -0.15) is 0 Å². The molecule has 0 N–H and O–H groups in total. The number of non-ortho nitro benzene ring substituents is 1. The van der Waals surface area contributed by atoms with Crippen LogP contribution in [0.3, 0.4) is 0 Å². The number of hydrogen-bond donors (Lipinski definition) is 0. The van der Waals surface area contributed by atoms with Crippen LogP contribution in [0.1, 0.15) is 30.5 Å². The number of aliphatic imine (C=N–C) groups is 1. The van der Waals surface area contributed by atoms with Gasteiger partial charge in [-0.3, -0.25) is 19.8 Å². The topological polar surface area (TPSA) is 94.3 Å². The number of amides is 1. The SMILES string of the molecule is CCOc1cc(/C=C2/SC(=Nc3ccccc3CC)N(C)C2=O)ccc1OCc1ccc([N+](=O)[O-])cc1. The average molecular weight is 518 g/mol. The number of thioether (sulfide) groups is 1. The van der Waals surface area contributed by atoms with Gasteiger partial charge in [0.05, 0.1) is 22.1 Å². The first-order valence-corrected chi connectivity index (χ1v) is 12.7. The van der Waals surface area contributed by atoms with Gasteiger partial charge >= 0.3 is 0 Å². The van der Waals surface area contributed by atoms with Crippen molar-refractivity contribution in [2.45, 2.75) is 26.9 Å². The second-order valence-corrected chi connectivity index (χ2v) is 9.21. The minimum Gasteiger partial charge on any atom is -0.490 e. The van der Waals surface area contributed by atoms with Gasteiger partial charge in [0.1, 0.15) is 6.61 Å². The third kappa shape index (κ3) is 6.18. The Kier molecular flexibility index (Phi) is 8.25. The minimum atomic E-state index is -0.435. The van der Waals surface area contributed by atoms with E-state index in [0.717, 1.165) is 28.8 Å². The molecule has 0 aliphatic carbocycles. The van der Waals surface area contributed by atoms with Crippen molar-refractivity contribution in [2.75, 3.05) is 13.7 Å². The summed E-state index contributed by atoms with van der Waals surface area (Å²) in [5, 5.41) is 11.5. The van der Waals surface area contributed by atoms with E-state index >= 15 is 0 Å². The molecule has 0 spiro atoms. The highest BCUT2D eigenvalue weighted by Crippen LogP contribution is 2.36. The number of nitrogens with zero attached hydrogens (tertiary/aromatic N) is 3. The fraction of sp³-hybridized carbons (Fsp3) is 0.214. The van der Waals surface area contributed by atoms with Crippen molar-refractivity contribution in [3.05, 3.63) is 98.4 Å². The number of nitro groups is 1. The Bertz CT molecular complexity index is 1370. The van der Waals surface area contributed by atoms with Crippen LogP contribution in [0.25, 0.3) is 6.08 Å². The first-order valence-electron chi connectivity index (χ1n) is 11.9. The Morgan fingerprint density at radius 2 is 1.78 bits per heavy atom. The van der Waals surface area contributed by atoms with Crippen molar-refractivity contribution in [3.63, 3.8) is 0 Å². The number of amidine groups is 1. The molecule has 1 aliphatic heterocycles. The molecule has 1 saturated heterocycles. The number of aryl methyl sites for hydroxylation is 1. The second kappa shape index (κ2) is 11.7. The molecule has 37 heavy (non-hydrogen) atoms. The number of nitro benzene ring substituents is 1. The molecule has 0 atom stereocenters. The number of ether oxygens (including phenoxy) is 2. The molecule has 1 fully saturated rings. The number of carbonyl (C=O) groups is 1. The van der Waals surface area contributed by atoms with Crippen molar-refractivity contribution >= 4 is 40.3 Å². The maximum Gasteiger partial charge on any atom is 0.269 e. The Morgan fingerprint density at radius 3 is 2.49 bits per heavy atom. The summed E-state index contributed by atoms with van der Waals surface area (Å²) in [7, 11) is 1.73. The van der Waals surface area contributed by atoms with E-state index < -0.39 is 4.92 Å². The molecule has 0 radical (unpaired) electrons. The number of para-hydroxylation sites is 1. The average Bonchev–Trinajstić information content (AvgIpc) is 3.16. The molecule has 4 rings (SSSR count).